The molecule has 0 aromatic heterocycles. The SMILES string of the molecule is CCOc1ccc2c(c1OC)CCNC2. The molecule has 0 atom stereocenters. The van der Waals surface area contributed by atoms with E-state index in [1.807, 2.05) is 13.0 Å². The molecule has 1 aliphatic heterocycles. The Hall–Kier alpha value is -1.22. The van der Waals surface area contributed by atoms with Gasteiger partial charge < -0.3 is 14.8 Å². The molecule has 0 amide bonds. The normalized spacial score (nSPS) is 14.5. The molecule has 0 saturated carbocycles. The first-order valence-corrected chi connectivity index (χ1v) is 5.39. The van der Waals surface area contributed by atoms with Crippen LogP contribution in [0.5, 0.6) is 11.5 Å². The molecule has 82 valence electrons. The van der Waals surface area contributed by atoms with Gasteiger partial charge in [0.25, 0.3) is 0 Å². The summed E-state index contributed by atoms with van der Waals surface area (Å²) in [5, 5.41) is 3.35. The van der Waals surface area contributed by atoms with Crippen molar-refractivity contribution >= 4 is 0 Å². The van der Waals surface area contributed by atoms with Crippen LogP contribution in [-0.2, 0) is 13.0 Å². The topological polar surface area (TPSA) is 30.5 Å². The lowest BCUT2D eigenvalue weighted by Crippen LogP contribution is -2.24. The van der Waals surface area contributed by atoms with Crippen LogP contribution >= 0.6 is 0 Å². The number of hydrogen-bond acceptors (Lipinski definition) is 3. The molecule has 3 nitrogen and oxygen atoms in total. The van der Waals surface area contributed by atoms with E-state index in [2.05, 4.69) is 11.4 Å². The minimum Gasteiger partial charge on any atom is -0.493 e. The smallest absolute Gasteiger partial charge is 0.164 e. The number of rotatable bonds is 3. The van der Waals surface area contributed by atoms with Crippen molar-refractivity contribution in [3.8, 4) is 11.5 Å². The van der Waals surface area contributed by atoms with E-state index >= 15 is 0 Å². The zero-order valence-electron chi connectivity index (χ0n) is 9.30. The lowest BCUT2D eigenvalue weighted by Gasteiger charge is -2.21. The van der Waals surface area contributed by atoms with Gasteiger partial charge in [0.05, 0.1) is 13.7 Å². The minimum atomic E-state index is 0.674. The zero-order chi connectivity index (χ0) is 10.7. The molecule has 0 aliphatic carbocycles. The number of nitrogens with one attached hydrogen (secondary N) is 1. The number of methoxy groups -OCH3 is 1. The maximum absolute atomic E-state index is 5.55. The Balaban J connectivity index is 2.42. The van der Waals surface area contributed by atoms with E-state index in [9.17, 15) is 0 Å². The molecule has 1 heterocycles. The molecule has 0 bridgehead atoms. The summed E-state index contributed by atoms with van der Waals surface area (Å²) in [6, 6.07) is 4.11. The lowest BCUT2D eigenvalue weighted by molar-refractivity contribution is 0.308. The lowest BCUT2D eigenvalue weighted by atomic mass is 9.99. The van der Waals surface area contributed by atoms with Gasteiger partial charge in [0.15, 0.2) is 11.5 Å². The predicted molar refractivity (Wildman–Crippen MR) is 59.6 cm³/mol. The molecule has 1 N–H and O–H groups in total. The van der Waals surface area contributed by atoms with Gasteiger partial charge in [0.2, 0.25) is 0 Å². The molecule has 0 unspecified atom stereocenters. The summed E-state index contributed by atoms with van der Waals surface area (Å²) in [5.41, 5.74) is 2.61. The molecule has 3 heteroatoms. The molecule has 1 aromatic rings. The number of benzene rings is 1. The highest BCUT2D eigenvalue weighted by Crippen LogP contribution is 2.35. The molecule has 0 fully saturated rings. The number of hydrogen-bond donors (Lipinski definition) is 1. The van der Waals surface area contributed by atoms with Crippen molar-refractivity contribution in [1.82, 2.24) is 5.32 Å². The van der Waals surface area contributed by atoms with E-state index in [-0.39, 0.29) is 0 Å². The second-order valence-corrected chi connectivity index (χ2v) is 3.59. The third-order valence-corrected chi connectivity index (χ3v) is 2.69. The number of ether oxygens (including phenoxy) is 2. The van der Waals surface area contributed by atoms with Gasteiger partial charge in [-0.1, -0.05) is 6.07 Å². The average molecular weight is 207 g/mol. The first-order valence-electron chi connectivity index (χ1n) is 5.39. The Bertz CT molecular complexity index is 350. The third kappa shape index (κ3) is 1.92. The van der Waals surface area contributed by atoms with Crippen LogP contribution in [0.1, 0.15) is 18.1 Å². The van der Waals surface area contributed by atoms with Crippen LogP contribution in [0.15, 0.2) is 12.1 Å². The summed E-state index contributed by atoms with van der Waals surface area (Å²) in [4.78, 5) is 0. The first kappa shape index (κ1) is 10.3. The maximum Gasteiger partial charge on any atom is 0.164 e. The highest BCUT2D eigenvalue weighted by Gasteiger charge is 2.17. The highest BCUT2D eigenvalue weighted by molar-refractivity contribution is 5.51. The van der Waals surface area contributed by atoms with Crippen molar-refractivity contribution in [2.45, 2.75) is 19.9 Å². The van der Waals surface area contributed by atoms with E-state index in [1.165, 1.54) is 11.1 Å². The fourth-order valence-corrected chi connectivity index (χ4v) is 2.02. The Morgan fingerprint density at radius 2 is 2.27 bits per heavy atom. The van der Waals surface area contributed by atoms with Crippen molar-refractivity contribution in [3.05, 3.63) is 23.3 Å². The fraction of sp³-hybridized carbons (Fsp3) is 0.500. The van der Waals surface area contributed by atoms with Gasteiger partial charge in [-0.25, -0.2) is 0 Å². The molecule has 0 saturated heterocycles. The van der Waals surface area contributed by atoms with Crippen LogP contribution in [0.4, 0.5) is 0 Å². The summed E-state index contributed by atoms with van der Waals surface area (Å²) >= 11 is 0. The summed E-state index contributed by atoms with van der Waals surface area (Å²) in [5.74, 6) is 1.77. The van der Waals surface area contributed by atoms with E-state index in [1.54, 1.807) is 7.11 Å². The van der Waals surface area contributed by atoms with Crippen molar-refractivity contribution in [3.63, 3.8) is 0 Å². The summed E-state index contributed by atoms with van der Waals surface area (Å²) in [7, 11) is 1.71. The second kappa shape index (κ2) is 4.53. The number of fused-ring (bicyclic) bond motifs is 1. The quantitative estimate of drug-likeness (QED) is 0.819. The molecular formula is C12H17NO2. The van der Waals surface area contributed by atoms with Crippen LogP contribution in [0.25, 0.3) is 0 Å². The zero-order valence-corrected chi connectivity index (χ0v) is 9.30. The Morgan fingerprint density at radius 1 is 1.40 bits per heavy atom. The van der Waals surface area contributed by atoms with Gasteiger partial charge in [-0.2, -0.15) is 0 Å². The Morgan fingerprint density at radius 3 is 3.00 bits per heavy atom. The molecule has 1 aromatic carbocycles. The van der Waals surface area contributed by atoms with Gasteiger partial charge in [-0.15, -0.1) is 0 Å². The molecule has 2 rings (SSSR count). The van der Waals surface area contributed by atoms with Crippen LogP contribution in [0.2, 0.25) is 0 Å². The molecule has 15 heavy (non-hydrogen) atoms. The molecule has 1 aliphatic rings. The summed E-state index contributed by atoms with van der Waals surface area (Å²) in [6.45, 7) is 4.60. The molecule has 0 spiro atoms. The van der Waals surface area contributed by atoms with Crippen molar-refractivity contribution < 1.29 is 9.47 Å². The van der Waals surface area contributed by atoms with Crippen LogP contribution in [0.3, 0.4) is 0 Å². The highest BCUT2D eigenvalue weighted by atomic mass is 16.5. The third-order valence-electron chi connectivity index (χ3n) is 2.69. The van der Waals surface area contributed by atoms with Crippen LogP contribution in [-0.4, -0.2) is 20.3 Å². The second-order valence-electron chi connectivity index (χ2n) is 3.59. The Kier molecular flexibility index (Phi) is 3.11. The van der Waals surface area contributed by atoms with Crippen molar-refractivity contribution in [1.29, 1.82) is 0 Å². The fourth-order valence-electron chi connectivity index (χ4n) is 2.02. The standard InChI is InChI=1S/C12H17NO2/c1-3-15-11-5-4-9-8-13-7-6-10(9)12(11)14-2/h4-5,13H,3,6-8H2,1-2H3. The van der Waals surface area contributed by atoms with Gasteiger partial charge in [-0.05, 0) is 31.5 Å². The minimum absolute atomic E-state index is 0.674. The van der Waals surface area contributed by atoms with E-state index in [4.69, 9.17) is 9.47 Å². The van der Waals surface area contributed by atoms with Gasteiger partial charge >= 0.3 is 0 Å². The van der Waals surface area contributed by atoms with E-state index < -0.39 is 0 Å². The maximum atomic E-state index is 5.55. The summed E-state index contributed by atoms with van der Waals surface area (Å²) < 4.78 is 11.0. The van der Waals surface area contributed by atoms with E-state index in [0.717, 1.165) is 31.0 Å². The van der Waals surface area contributed by atoms with Crippen molar-refractivity contribution in [2.24, 2.45) is 0 Å². The van der Waals surface area contributed by atoms with Crippen molar-refractivity contribution in [2.75, 3.05) is 20.3 Å². The van der Waals surface area contributed by atoms with Crippen LogP contribution < -0.4 is 14.8 Å². The van der Waals surface area contributed by atoms with Gasteiger partial charge in [0.1, 0.15) is 0 Å². The molecule has 0 radical (unpaired) electrons. The van der Waals surface area contributed by atoms with E-state index in [0.29, 0.717) is 6.61 Å². The van der Waals surface area contributed by atoms with Gasteiger partial charge in [0, 0.05) is 12.1 Å². The van der Waals surface area contributed by atoms with Crippen LogP contribution in [0, 0.1) is 0 Å². The first-order chi connectivity index (χ1) is 7.36. The summed E-state index contributed by atoms with van der Waals surface area (Å²) in [6.07, 6.45) is 1.01. The molecular weight excluding hydrogens is 190 g/mol. The largest absolute Gasteiger partial charge is 0.493 e. The monoisotopic (exact) mass is 207 g/mol. The Labute approximate surface area is 90.4 Å². The van der Waals surface area contributed by atoms with Gasteiger partial charge in [-0.3, -0.25) is 0 Å². The average Bonchev–Trinajstić information content (AvgIpc) is 2.29. The predicted octanol–water partition coefficient (Wildman–Crippen LogP) is 1.74.